The predicted molar refractivity (Wildman–Crippen MR) is 97.5 cm³/mol. The molecule has 0 fully saturated rings. The van der Waals surface area contributed by atoms with Crippen LogP contribution < -0.4 is 15.0 Å². The molecule has 2 amide bonds. The Morgan fingerprint density at radius 1 is 1.12 bits per heavy atom. The molecule has 2 rings (SSSR count). The van der Waals surface area contributed by atoms with Crippen LogP contribution in [0.4, 0.5) is 5.69 Å². The highest BCUT2D eigenvalue weighted by atomic mass is 79.9. The number of halogens is 1. The highest BCUT2D eigenvalue weighted by Crippen LogP contribution is 2.25. The van der Waals surface area contributed by atoms with Gasteiger partial charge in [0.25, 0.3) is 5.91 Å². The summed E-state index contributed by atoms with van der Waals surface area (Å²) in [6.07, 6.45) is 0. The molecule has 0 unspecified atom stereocenters. The average molecular weight is 391 g/mol. The molecule has 0 saturated carbocycles. The Morgan fingerprint density at radius 2 is 1.79 bits per heavy atom. The quantitative estimate of drug-likeness (QED) is 0.823. The van der Waals surface area contributed by atoms with Crippen molar-refractivity contribution in [2.75, 3.05) is 25.1 Å². The number of nitrogens with zero attached hydrogens (tertiary/aromatic N) is 1. The zero-order valence-electron chi connectivity index (χ0n) is 13.6. The monoisotopic (exact) mass is 390 g/mol. The van der Waals surface area contributed by atoms with Crippen LogP contribution in [0.2, 0.25) is 0 Å². The summed E-state index contributed by atoms with van der Waals surface area (Å²) < 4.78 is 5.90. The van der Waals surface area contributed by atoms with E-state index in [0.717, 1.165) is 10.2 Å². The molecular formula is C18H19BrN2O3. The average Bonchev–Trinajstić information content (AvgIpc) is 2.59. The number of para-hydroxylation sites is 1. The number of carbonyl (C=O) groups excluding carboxylic acids is 2. The molecule has 0 aromatic heterocycles. The molecule has 126 valence electrons. The van der Waals surface area contributed by atoms with Crippen LogP contribution in [0.3, 0.4) is 0 Å². The lowest BCUT2D eigenvalue weighted by atomic mass is 10.2. The molecule has 0 aliphatic rings. The Balaban J connectivity index is 1.96. The Morgan fingerprint density at radius 3 is 2.38 bits per heavy atom. The first kappa shape index (κ1) is 18.0. The maximum atomic E-state index is 12.1. The van der Waals surface area contributed by atoms with E-state index in [1.807, 2.05) is 24.3 Å². The number of carbonyl (C=O) groups is 2. The van der Waals surface area contributed by atoms with Gasteiger partial charge in [0.1, 0.15) is 5.75 Å². The van der Waals surface area contributed by atoms with Crippen molar-refractivity contribution in [2.24, 2.45) is 0 Å². The van der Waals surface area contributed by atoms with Gasteiger partial charge in [0, 0.05) is 30.0 Å². The normalized spacial score (nSPS) is 10.1. The minimum atomic E-state index is -0.187. The van der Waals surface area contributed by atoms with E-state index in [4.69, 9.17) is 4.74 Å². The molecule has 24 heavy (non-hydrogen) atoms. The second-order valence-electron chi connectivity index (χ2n) is 5.11. The molecule has 2 aromatic carbocycles. The fourth-order valence-corrected chi connectivity index (χ4v) is 2.74. The van der Waals surface area contributed by atoms with Crippen LogP contribution in [0.25, 0.3) is 0 Å². The summed E-state index contributed by atoms with van der Waals surface area (Å²) in [5.41, 5.74) is 1.33. The number of nitrogens with one attached hydrogen (secondary N) is 1. The molecule has 0 bridgehead atoms. The van der Waals surface area contributed by atoms with E-state index in [0.29, 0.717) is 24.4 Å². The van der Waals surface area contributed by atoms with Crippen molar-refractivity contribution >= 4 is 33.4 Å². The minimum Gasteiger partial charge on any atom is -0.497 e. The zero-order valence-corrected chi connectivity index (χ0v) is 15.2. The molecule has 5 nitrogen and oxygen atoms in total. The van der Waals surface area contributed by atoms with Crippen molar-refractivity contribution < 1.29 is 14.3 Å². The number of ether oxygens (including phenoxy) is 1. The van der Waals surface area contributed by atoms with Crippen molar-refractivity contribution in [3.8, 4) is 5.75 Å². The van der Waals surface area contributed by atoms with Crippen LogP contribution in [0.15, 0.2) is 53.0 Å². The number of rotatable bonds is 6. The van der Waals surface area contributed by atoms with Crippen LogP contribution in [0.5, 0.6) is 5.75 Å². The summed E-state index contributed by atoms with van der Waals surface area (Å²) in [7, 11) is 1.58. The number of benzene rings is 2. The maximum Gasteiger partial charge on any atom is 0.251 e. The van der Waals surface area contributed by atoms with Gasteiger partial charge in [0.05, 0.1) is 12.8 Å². The highest BCUT2D eigenvalue weighted by molar-refractivity contribution is 9.10. The van der Waals surface area contributed by atoms with E-state index in [-0.39, 0.29) is 11.8 Å². The molecule has 2 aromatic rings. The number of amides is 2. The van der Waals surface area contributed by atoms with Gasteiger partial charge in [-0.05, 0) is 52.3 Å². The van der Waals surface area contributed by atoms with Crippen molar-refractivity contribution in [1.82, 2.24) is 5.32 Å². The molecule has 0 atom stereocenters. The van der Waals surface area contributed by atoms with Gasteiger partial charge < -0.3 is 15.0 Å². The smallest absolute Gasteiger partial charge is 0.251 e. The number of methoxy groups -OCH3 is 1. The Bertz CT molecular complexity index is 716. The second kappa shape index (κ2) is 8.49. The van der Waals surface area contributed by atoms with E-state index in [2.05, 4.69) is 21.2 Å². The van der Waals surface area contributed by atoms with Crippen molar-refractivity contribution in [2.45, 2.75) is 6.92 Å². The second-order valence-corrected chi connectivity index (χ2v) is 5.96. The lowest BCUT2D eigenvalue weighted by Gasteiger charge is -2.22. The molecule has 6 heteroatoms. The Labute approximate surface area is 149 Å². The third kappa shape index (κ3) is 4.58. The summed E-state index contributed by atoms with van der Waals surface area (Å²) in [6.45, 7) is 2.25. The van der Waals surface area contributed by atoms with Crippen LogP contribution in [-0.4, -0.2) is 32.0 Å². The van der Waals surface area contributed by atoms with Crippen molar-refractivity contribution in [1.29, 1.82) is 0 Å². The molecule has 0 radical (unpaired) electrons. The standard InChI is InChI=1S/C18H19BrN2O3/c1-13(22)21(17-6-4-3-5-16(17)19)12-11-20-18(23)14-7-9-15(24-2)10-8-14/h3-10H,11-12H2,1-2H3,(H,20,23). The lowest BCUT2D eigenvalue weighted by Crippen LogP contribution is -2.37. The van der Waals surface area contributed by atoms with Crippen LogP contribution in [0.1, 0.15) is 17.3 Å². The van der Waals surface area contributed by atoms with Gasteiger partial charge in [0.15, 0.2) is 0 Å². The molecule has 0 saturated heterocycles. The largest absolute Gasteiger partial charge is 0.497 e. The van der Waals surface area contributed by atoms with E-state index in [1.54, 1.807) is 36.3 Å². The van der Waals surface area contributed by atoms with Crippen molar-refractivity contribution in [3.63, 3.8) is 0 Å². The Kier molecular flexibility index (Phi) is 6.37. The van der Waals surface area contributed by atoms with Gasteiger partial charge >= 0.3 is 0 Å². The summed E-state index contributed by atoms with van der Waals surface area (Å²) in [5, 5.41) is 2.82. The predicted octanol–water partition coefficient (Wildman–Crippen LogP) is 3.24. The molecule has 0 heterocycles. The van der Waals surface area contributed by atoms with Crippen LogP contribution in [-0.2, 0) is 4.79 Å². The van der Waals surface area contributed by atoms with E-state index in [1.165, 1.54) is 6.92 Å². The van der Waals surface area contributed by atoms with Crippen molar-refractivity contribution in [3.05, 3.63) is 58.6 Å². The van der Waals surface area contributed by atoms with Gasteiger partial charge in [-0.3, -0.25) is 9.59 Å². The first-order valence-electron chi connectivity index (χ1n) is 7.48. The first-order valence-corrected chi connectivity index (χ1v) is 8.27. The van der Waals surface area contributed by atoms with E-state index in [9.17, 15) is 9.59 Å². The van der Waals surface area contributed by atoms with Gasteiger partial charge in [-0.1, -0.05) is 12.1 Å². The fraction of sp³-hybridized carbons (Fsp3) is 0.222. The molecule has 0 aliphatic carbocycles. The highest BCUT2D eigenvalue weighted by Gasteiger charge is 2.14. The maximum absolute atomic E-state index is 12.1. The van der Waals surface area contributed by atoms with Crippen LogP contribution in [0, 0.1) is 0 Å². The molecule has 1 N–H and O–H groups in total. The van der Waals surface area contributed by atoms with Gasteiger partial charge in [-0.25, -0.2) is 0 Å². The minimum absolute atomic E-state index is 0.0828. The van der Waals surface area contributed by atoms with Gasteiger partial charge in [-0.15, -0.1) is 0 Å². The topological polar surface area (TPSA) is 58.6 Å². The van der Waals surface area contributed by atoms with E-state index < -0.39 is 0 Å². The number of hydrogen-bond donors (Lipinski definition) is 1. The summed E-state index contributed by atoms with van der Waals surface area (Å²) in [6, 6.07) is 14.4. The summed E-state index contributed by atoms with van der Waals surface area (Å²) >= 11 is 3.44. The lowest BCUT2D eigenvalue weighted by molar-refractivity contribution is -0.116. The molecular weight excluding hydrogens is 372 g/mol. The zero-order chi connectivity index (χ0) is 17.5. The van der Waals surface area contributed by atoms with Gasteiger partial charge in [-0.2, -0.15) is 0 Å². The number of anilines is 1. The summed E-state index contributed by atoms with van der Waals surface area (Å²) in [5.74, 6) is 0.428. The molecule has 0 aliphatic heterocycles. The van der Waals surface area contributed by atoms with Crippen LogP contribution >= 0.6 is 15.9 Å². The number of hydrogen-bond acceptors (Lipinski definition) is 3. The van der Waals surface area contributed by atoms with Gasteiger partial charge in [0.2, 0.25) is 5.91 Å². The fourth-order valence-electron chi connectivity index (χ4n) is 2.24. The Hall–Kier alpha value is -2.34. The summed E-state index contributed by atoms with van der Waals surface area (Å²) in [4.78, 5) is 25.6. The third-order valence-electron chi connectivity index (χ3n) is 3.50. The third-order valence-corrected chi connectivity index (χ3v) is 4.17. The SMILES string of the molecule is COc1ccc(C(=O)NCCN(C(C)=O)c2ccccc2Br)cc1. The first-order chi connectivity index (χ1) is 11.5. The van der Waals surface area contributed by atoms with E-state index >= 15 is 0 Å². The molecule has 0 spiro atoms.